The van der Waals surface area contributed by atoms with Gasteiger partial charge in [0.05, 0.1) is 0 Å². The minimum atomic E-state index is 0. The van der Waals surface area contributed by atoms with Gasteiger partial charge in [-0.2, -0.15) is 0 Å². The van der Waals surface area contributed by atoms with E-state index < -0.39 is 0 Å². The van der Waals surface area contributed by atoms with Crippen LogP contribution in [0.15, 0.2) is 42.5 Å². The molecule has 0 aliphatic carbocycles. The van der Waals surface area contributed by atoms with Gasteiger partial charge in [0.25, 0.3) is 0 Å². The molecule has 0 heterocycles. The van der Waals surface area contributed by atoms with Crippen molar-refractivity contribution in [3.8, 4) is 0 Å². The molecule has 2 heteroatoms. The van der Waals surface area contributed by atoms with E-state index in [1.165, 1.54) is 22.3 Å². The van der Waals surface area contributed by atoms with Crippen molar-refractivity contribution in [3.63, 3.8) is 0 Å². The van der Waals surface area contributed by atoms with Crippen molar-refractivity contribution in [2.24, 2.45) is 0 Å². The Kier molecular flexibility index (Phi) is 8.83. The first-order valence-electron chi connectivity index (χ1n) is 4.99. The molecule has 0 radical (unpaired) electrons. The van der Waals surface area contributed by atoms with Crippen molar-refractivity contribution in [2.45, 2.75) is 27.2 Å². The third-order valence-electron chi connectivity index (χ3n) is 2.35. The predicted octanol–water partition coefficient (Wildman–Crippen LogP) is 4.95. The zero-order valence-electron chi connectivity index (χ0n) is 10.4. The Morgan fingerprint density at radius 2 is 1.69 bits per heavy atom. The van der Waals surface area contributed by atoms with Crippen molar-refractivity contribution in [3.05, 3.63) is 53.6 Å². The molecule has 0 aromatic heterocycles. The van der Waals surface area contributed by atoms with E-state index in [2.05, 4.69) is 51.6 Å². The molecule has 90 valence electrons. The highest BCUT2D eigenvalue weighted by molar-refractivity contribution is 5.85. The molecule has 0 aliphatic rings. The molecule has 3 N–H and O–H groups in total. The first-order valence-corrected chi connectivity index (χ1v) is 4.99. The maximum atomic E-state index is 3.79. The second-order valence-electron chi connectivity index (χ2n) is 3.84. The zero-order valence-corrected chi connectivity index (χ0v) is 11.2. The molecule has 1 aromatic rings. The molecule has 1 rings (SSSR count). The van der Waals surface area contributed by atoms with Crippen molar-refractivity contribution in [1.29, 1.82) is 0 Å². The Morgan fingerprint density at radius 3 is 2.06 bits per heavy atom. The number of halogens is 1. The summed E-state index contributed by atoms with van der Waals surface area (Å²) in [6.07, 6.45) is 2.91. The standard InChI is InChI=1S/C14H18.ClH.H3N/c1-5-6-14(11(2)3)13-9-7-12(4)8-10-13;;/h5,7-10H,1,6H2,2-4H3;1H;1H3. The normalized spacial score (nSPS) is 8.44. The number of allylic oxidation sites excluding steroid dienone is 3. The van der Waals surface area contributed by atoms with Crippen LogP contribution >= 0.6 is 12.4 Å². The first-order chi connectivity index (χ1) is 6.65. The SMILES string of the molecule is C=CCC(=C(C)C)c1ccc(C)cc1.Cl.N. The summed E-state index contributed by atoms with van der Waals surface area (Å²) in [6.45, 7) is 10.2. The van der Waals surface area contributed by atoms with Crippen LogP contribution in [0.25, 0.3) is 5.57 Å². The molecule has 0 saturated heterocycles. The van der Waals surface area contributed by atoms with E-state index in [-0.39, 0.29) is 18.6 Å². The maximum Gasteiger partial charge on any atom is -0.00949 e. The van der Waals surface area contributed by atoms with Crippen LogP contribution in [0.5, 0.6) is 0 Å². The average molecular weight is 240 g/mol. The minimum Gasteiger partial charge on any atom is -0.344 e. The van der Waals surface area contributed by atoms with Gasteiger partial charge in [-0.1, -0.05) is 41.5 Å². The highest BCUT2D eigenvalue weighted by Gasteiger charge is 2.00. The first kappa shape index (κ1) is 17.3. The Bertz CT molecular complexity index is 346. The van der Waals surface area contributed by atoms with Gasteiger partial charge in [0.2, 0.25) is 0 Å². The molecule has 0 atom stereocenters. The van der Waals surface area contributed by atoms with E-state index in [0.29, 0.717) is 0 Å². The van der Waals surface area contributed by atoms with Crippen molar-refractivity contribution in [2.75, 3.05) is 0 Å². The number of rotatable bonds is 3. The fourth-order valence-electron chi connectivity index (χ4n) is 1.51. The van der Waals surface area contributed by atoms with Gasteiger partial charge in [0.15, 0.2) is 0 Å². The summed E-state index contributed by atoms with van der Waals surface area (Å²) >= 11 is 0. The van der Waals surface area contributed by atoms with E-state index >= 15 is 0 Å². The van der Waals surface area contributed by atoms with E-state index in [4.69, 9.17) is 0 Å². The molecule has 0 aliphatic heterocycles. The molecule has 0 unspecified atom stereocenters. The third-order valence-corrected chi connectivity index (χ3v) is 2.35. The van der Waals surface area contributed by atoms with Crippen LogP contribution in [-0.2, 0) is 0 Å². The smallest absolute Gasteiger partial charge is 0.00949 e. The van der Waals surface area contributed by atoms with Gasteiger partial charge < -0.3 is 6.15 Å². The van der Waals surface area contributed by atoms with Crippen LogP contribution in [0, 0.1) is 6.92 Å². The largest absolute Gasteiger partial charge is 0.344 e. The molecule has 0 saturated carbocycles. The third kappa shape index (κ3) is 4.65. The van der Waals surface area contributed by atoms with E-state index in [0.717, 1.165) is 6.42 Å². The maximum absolute atomic E-state index is 3.79. The predicted molar refractivity (Wildman–Crippen MR) is 76.5 cm³/mol. The molecule has 16 heavy (non-hydrogen) atoms. The molecule has 1 aromatic carbocycles. The summed E-state index contributed by atoms with van der Waals surface area (Å²) in [7, 11) is 0. The number of hydrogen-bond donors (Lipinski definition) is 1. The van der Waals surface area contributed by atoms with Crippen LogP contribution in [0.4, 0.5) is 0 Å². The van der Waals surface area contributed by atoms with E-state index in [1.807, 2.05) is 6.08 Å². The van der Waals surface area contributed by atoms with Gasteiger partial charge in [-0.25, -0.2) is 0 Å². The van der Waals surface area contributed by atoms with E-state index in [9.17, 15) is 0 Å². The summed E-state index contributed by atoms with van der Waals surface area (Å²) in [6, 6.07) is 8.67. The van der Waals surface area contributed by atoms with Crippen LogP contribution in [-0.4, -0.2) is 0 Å². The Balaban J connectivity index is 0. The average Bonchev–Trinajstić information content (AvgIpc) is 2.15. The second-order valence-corrected chi connectivity index (χ2v) is 3.84. The molecular formula is C14H22ClN. The van der Waals surface area contributed by atoms with Crippen LogP contribution in [0.1, 0.15) is 31.4 Å². The number of hydrogen-bond acceptors (Lipinski definition) is 1. The van der Waals surface area contributed by atoms with E-state index in [1.54, 1.807) is 0 Å². The van der Waals surface area contributed by atoms with Gasteiger partial charge >= 0.3 is 0 Å². The fourth-order valence-corrected chi connectivity index (χ4v) is 1.51. The fraction of sp³-hybridized carbons (Fsp3) is 0.286. The second kappa shape index (κ2) is 8.14. The molecular weight excluding hydrogens is 218 g/mol. The Hall–Kier alpha value is -1.05. The highest BCUT2D eigenvalue weighted by Crippen LogP contribution is 2.22. The lowest BCUT2D eigenvalue weighted by molar-refractivity contribution is 1.29. The monoisotopic (exact) mass is 239 g/mol. The topological polar surface area (TPSA) is 35.0 Å². The van der Waals surface area contributed by atoms with Gasteiger partial charge in [0, 0.05) is 0 Å². The Labute approximate surface area is 105 Å². The van der Waals surface area contributed by atoms with Gasteiger partial charge in [-0.3, -0.25) is 0 Å². The lowest BCUT2D eigenvalue weighted by atomic mass is 9.98. The van der Waals surface area contributed by atoms with Crippen molar-refractivity contribution in [1.82, 2.24) is 6.15 Å². The minimum absolute atomic E-state index is 0. The lowest BCUT2D eigenvalue weighted by Crippen LogP contribution is -1.86. The molecule has 0 spiro atoms. The van der Waals surface area contributed by atoms with Crippen molar-refractivity contribution < 1.29 is 0 Å². The molecule has 0 fully saturated rings. The highest BCUT2D eigenvalue weighted by atomic mass is 35.5. The van der Waals surface area contributed by atoms with Gasteiger partial charge in [0.1, 0.15) is 0 Å². The summed E-state index contributed by atoms with van der Waals surface area (Å²) in [5.41, 5.74) is 5.38. The van der Waals surface area contributed by atoms with Gasteiger partial charge in [-0.05, 0) is 38.3 Å². The van der Waals surface area contributed by atoms with Crippen LogP contribution in [0.2, 0.25) is 0 Å². The Morgan fingerprint density at radius 1 is 1.19 bits per heavy atom. The summed E-state index contributed by atoms with van der Waals surface area (Å²) in [5, 5.41) is 0. The van der Waals surface area contributed by atoms with Gasteiger partial charge in [-0.15, -0.1) is 19.0 Å². The quantitative estimate of drug-likeness (QED) is 0.745. The number of benzene rings is 1. The lowest BCUT2D eigenvalue weighted by Gasteiger charge is -2.08. The van der Waals surface area contributed by atoms with Crippen LogP contribution < -0.4 is 6.15 Å². The molecule has 0 bridgehead atoms. The van der Waals surface area contributed by atoms with Crippen molar-refractivity contribution >= 4 is 18.0 Å². The summed E-state index contributed by atoms with van der Waals surface area (Å²) < 4.78 is 0. The molecule has 1 nitrogen and oxygen atoms in total. The summed E-state index contributed by atoms with van der Waals surface area (Å²) in [4.78, 5) is 0. The van der Waals surface area contributed by atoms with Crippen LogP contribution in [0.3, 0.4) is 0 Å². The number of aryl methyl sites for hydroxylation is 1. The summed E-state index contributed by atoms with van der Waals surface area (Å²) in [5.74, 6) is 0. The molecule has 0 amide bonds. The zero-order chi connectivity index (χ0) is 10.6.